The van der Waals surface area contributed by atoms with Crippen LogP contribution < -0.4 is 5.73 Å². The molecule has 0 saturated heterocycles. The molecule has 2 rings (SSSR count). The topological polar surface area (TPSA) is 43.8 Å². The number of hydrogen-bond donors (Lipinski definition) is 1. The Morgan fingerprint density at radius 1 is 1.47 bits per heavy atom. The zero-order valence-electron chi connectivity index (χ0n) is 7.82. The molecule has 0 aliphatic heterocycles. The molecule has 3 nitrogen and oxygen atoms in total. The maximum absolute atomic E-state index is 13.4. The van der Waals surface area contributed by atoms with Crippen LogP contribution in [0.15, 0.2) is 35.1 Å². The van der Waals surface area contributed by atoms with E-state index in [9.17, 15) is 4.39 Å². The van der Waals surface area contributed by atoms with Gasteiger partial charge >= 0.3 is 0 Å². The number of rotatable bonds is 2. The van der Waals surface area contributed by atoms with Crippen molar-refractivity contribution in [2.24, 2.45) is 0 Å². The molecule has 0 bridgehead atoms. The zero-order valence-corrected chi connectivity index (χ0v) is 9.41. The van der Waals surface area contributed by atoms with Gasteiger partial charge in [0.1, 0.15) is 0 Å². The van der Waals surface area contributed by atoms with Gasteiger partial charge in [-0.2, -0.15) is 5.10 Å². The Bertz CT molecular complexity index is 468. The first-order valence-electron chi connectivity index (χ1n) is 4.38. The van der Waals surface area contributed by atoms with Crippen molar-refractivity contribution in [3.8, 4) is 0 Å². The van der Waals surface area contributed by atoms with Crippen LogP contribution in [0, 0.1) is 5.82 Å². The van der Waals surface area contributed by atoms with Gasteiger partial charge in [0.05, 0.1) is 16.7 Å². The van der Waals surface area contributed by atoms with E-state index in [2.05, 4.69) is 21.0 Å². The molecule has 2 N–H and O–H groups in total. The Balaban J connectivity index is 2.34. The minimum atomic E-state index is -0.417. The second-order valence-electron chi connectivity index (χ2n) is 3.14. The van der Waals surface area contributed by atoms with Crippen LogP contribution in [-0.4, -0.2) is 9.78 Å². The highest BCUT2D eigenvalue weighted by atomic mass is 79.9. The van der Waals surface area contributed by atoms with E-state index in [-0.39, 0.29) is 5.69 Å². The van der Waals surface area contributed by atoms with Crippen LogP contribution in [0.4, 0.5) is 10.1 Å². The van der Waals surface area contributed by atoms with Gasteiger partial charge < -0.3 is 5.73 Å². The molecule has 1 aromatic carbocycles. The lowest BCUT2D eigenvalue weighted by molar-refractivity contribution is 0.619. The van der Waals surface area contributed by atoms with Gasteiger partial charge in [0.25, 0.3) is 0 Å². The summed E-state index contributed by atoms with van der Waals surface area (Å²) in [4.78, 5) is 0. The van der Waals surface area contributed by atoms with Gasteiger partial charge in [-0.05, 0) is 33.6 Å². The molecule has 0 fully saturated rings. The van der Waals surface area contributed by atoms with Crippen LogP contribution in [0.25, 0.3) is 0 Å². The third-order valence-corrected chi connectivity index (χ3v) is 2.73. The summed E-state index contributed by atoms with van der Waals surface area (Å²) in [5.74, 6) is -0.417. The monoisotopic (exact) mass is 269 g/mol. The fraction of sp³-hybridized carbons (Fsp3) is 0.100. The molecule has 0 unspecified atom stereocenters. The summed E-state index contributed by atoms with van der Waals surface area (Å²) in [6, 6.07) is 5.24. The van der Waals surface area contributed by atoms with Crippen LogP contribution in [0.1, 0.15) is 5.56 Å². The minimum absolute atomic E-state index is 0.167. The quantitative estimate of drug-likeness (QED) is 0.851. The Hall–Kier alpha value is -1.36. The second kappa shape index (κ2) is 4.02. The molecule has 1 aromatic heterocycles. The van der Waals surface area contributed by atoms with E-state index in [0.717, 1.165) is 5.56 Å². The van der Waals surface area contributed by atoms with Gasteiger partial charge in [0.2, 0.25) is 0 Å². The molecule has 15 heavy (non-hydrogen) atoms. The van der Waals surface area contributed by atoms with Crippen LogP contribution in [0.3, 0.4) is 0 Å². The lowest BCUT2D eigenvalue weighted by Crippen LogP contribution is -2.05. The number of benzene rings is 1. The highest BCUT2D eigenvalue weighted by Gasteiger charge is 2.08. The molecule has 0 atom stereocenters. The van der Waals surface area contributed by atoms with Gasteiger partial charge in [-0.3, -0.25) is 4.68 Å². The Morgan fingerprint density at radius 3 is 2.93 bits per heavy atom. The van der Waals surface area contributed by atoms with Gasteiger partial charge in [0, 0.05) is 12.4 Å². The summed E-state index contributed by atoms with van der Waals surface area (Å²) < 4.78 is 15.5. The van der Waals surface area contributed by atoms with Crippen molar-refractivity contribution in [1.29, 1.82) is 0 Å². The SMILES string of the molecule is Nc1c(Cn2cccn2)ccc(Br)c1F. The Labute approximate surface area is 94.8 Å². The number of nitrogens with zero attached hydrogens (tertiary/aromatic N) is 2. The summed E-state index contributed by atoms with van der Waals surface area (Å²) in [5, 5.41) is 4.03. The maximum atomic E-state index is 13.4. The molecular formula is C10H9BrFN3. The van der Waals surface area contributed by atoms with Crippen molar-refractivity contribution >= 4 is 21.6 Å². The van der Waals surface area contributed by atoms with Crippen molar-refractivity contribution in [1.82, 2.24) is 9.78 Å². The number of aromatic nitrogens is 2. The first-order chi connectivity index (χ1) is 7.18. The fourth-order valence-electron chi connectivity index (χ4n) is 1.31. The molecule has 0 aliphatic rings. The molecule has 0 radical (unpaired) electrons. The molecule has 0 spiro atoms. The van der Waals surface area contributed by atoms with E-state index in [1.165, 1.54) is 0 Å². The van der Waals surface area contributed by atoms with Gasteiger partial charge in [-0.15, -0.1) is 0 Å². The number of halogens is 2. The number of nitrogen functional groups attached to an aromatic ring is 1. The first kappa shape index (κ1) is 10.2. The van der Waals surface area contributed by atoms with Crippen molar-refractivity contribution in [2.75, 3.05) is 5.73 Å². The highest BCUT2D eigenvalue weighted by Crippen LogP contribution is 2.24. The summed E-state index contributed by atoms with van der Waals surface area (Å²) >= 11 is 3.08. The van der Waals surface area contributed by atoms with Crippen molar-refractivity contribution in [3.63, 3.8) is 0 Å². The average Bonchev–Trinajstić information content (AvgIpc) is 2.72. The molecule has 2 aromatic rings. The van der Waals surface area contributed by atoms with E-state index < -0.39 is 5.82 Å². The predicted octanol–water partition coefficient (Wildman–Crippen LogP) is 2.42. The van der Waals surface area contributed by atoms with E-state index in [1.807, 2.05) is 6.07 Å². The number of hydrogen-bond acceptors (Lipinski definition) is 2. The summed E-state index contributed by atoms with van der Waals surface area (Å²) in [6.07, 6.45) is 3.48. The van der Waals surface area contributed by atoms with Crippen LogP contribution in [0.2, 0.25) is 0 Å². The molecule has 5 heteroatoms. The normalized spacial score (nSPS) is 10.5. The van der Waals surface area contributed by atoms with E-state index in [1.54, 1.807) is 29.2 Å². The summed E-state index contributed by atoms with van der Waals surface area (Å²) in [6.45, 7) is 0.475. The predicted molar refractivity (Wildman–Crippen MR) is 59.8 cm³/mol. The molecule has 1 heterocycles. The molecule has 0 saturated carbocycles. The van der Waals surface area contributed by atoms with Gasteiger partial charge in [-0.1, -0.05) is 6.07 Å². The number of anilines is 1. The van der Waals surface area contributed by atoms with Crippen molar-refractivity contribution < 1.29 is 4.39 Å². The Morgan fingerprint density at radius 2 is 2.27 bits per heavy atom. The highest BCUT2D eigenvalue weighted by molar-refractivity contribution is 9.10. The molecular weight excluding hydrogens is 261 g/mol. The minimum Gasteiger partial charge on any atom is -0.396 e. The maximum Gasteiger partial charge on any atom is 0.160 e. The third-order valence-electron chi connectivity index (χ3n) is 2.11. The van der Waals surface area contributed by atoms with E-state index >= 15 is 0 Å². The summed E-state index contributed by atoms with van der Waals surface area (Å²) in [7, 11) is 0. The molecule has 78 valence electrons. The Kier molecular flexibility index (Phi) is 2.73. The van der Waals surface area contributed by atoms with Gasteiger partial charge in [-0.25, -0.2) is 4.39 Å². The second-order valence-corrected chi connectivity index (χ2v) is 3.99. The zero-order chi connectivity index (χ0) is 10.8. The lowest BCUT2D eigenvalue weighted by atomic mass is 10.2. The largest absolute Gasteiger partial charge is 0.396 e. The summed E-state index contributed by atoms with van der Waals surface area (Å²) in [5.41, 5.74) is 6.54. The first-order valence-corrected chi connectivity index (χ1v) is 5.17. The van der Waals surface area contributed by atoms with Crippen molar-refractivity contribution in [3.05, 3.63) is 46.4 Å². The standard InChI is InChI=1S/C10H9BrFN3/c11-8-3-2-7(10(13)9(8)12)6-15-5-1-4-14-15/h1-5H,6,13H2. The fourth-order valence-corrected chi connectivity index (χ4v) is 1.66. The van der Waals surface area contributed by atoms with Gasteiger partial charge in [0.15, 0.2) is 5.82 Å². The van der Waals surface area contributed by atoms with E-state index in [0.29, 0.717) is 11.0 Å². The average molecular weight is 270 g/mol. The van der Waals surface area contributed by atoms with Crippen LogP contribution >= 0.6 is 15.9 Å². The number of nitrogens with two attached hydrogens (primary N) is 1. The smallest absolute Gasteiger partial charge is 0.160 e. The molecule has 0 aliphatic carbocycles. The van der Waals surface area contributed by atoms with E-state index in [4.69, 9.17) is 5.73 Å². The van der Waals surface area contributed by atoms with Crippen molar-refractivity contribution in [2.45, 2.75) is 6.54 Å². The van der Waals surface area contributed by atoms with Crippen LogP contribution in [0.5, 0.6) is 0 Å². The lowest BCUT2D eigenvalue weighted by Gasteiger charge is -2.07. The van der Waals surface area contributed by atoms with Crippen LogP contribution in [-0.2, 0) is 6.54 Å². The third kappa shape index (κ3) is 2.02. The molecule has 0 amide bonds.